The average Bonchev–Trinajstić information content (AvgIpc) is 2.75. The van der Waals surface area contributed by atoms with Gasteiger partial charge in [0.25, 0.3) is 5.91 Å². The maximum absolute atomic E-state index is 12.0. The van der Waals surface area contributed by atoms with E-state index in [0.29, 0.717) is 17.1 Å². The number of furan rings is 1. The summed E-state index contributed by atoms with van der Waals surface area (Å²) in [5.74, 6) is 1.04. The van der Waals surface area contributed by atoms with Crippen molar-refractivity contribution in [3.8, 4) is 0 Å². The fourth-order valence-electron chi connectivity index (χ4n) is 1.81. The second-order valence-electron chi connectivity index (χ2n) is 4.47. The van der Waals surface area contributed by atoms with Crippen molar-refractivity contribution in [2.75, 3.05) is 0 Å². The van der Waals surface area contributed by atoms with E-state index in [1.54, 1.807) is 19.9 Å². The number of hydrazone groups is 1. The Morgan fingerprint density at radius 2 is 1.90 bits per heavy atom. The highest BCUT2D eigenvalue weighted by atomic mass is 79.9. The van der Waals surface area contributed by atoms with Crippen LogP contribution in [0.4, 0.5) is 0 Å². The van der Waals surface area contributed by atoms with E-state index >= 15 is 0 Å². The van der Waals surface area contributed by atoms with Gasteiger partial charge in [-0.3, -0.25) is 4.79 Å². The fraction of sp³-hybridized carbons (Fsp3) is 0.200. The quantitative estimate of drug-likeness (QED) is 0.685. The first-order valence-corrected chi connectivity index (χ1v) is 6.94. The van der Waals surface area contributed by atoms with Crippen LogP contribution >= 0.6 is 15.9 Å². The molecule has 1 aromatic carbocycles. The molecule has 0 spiro atoms. The van der Waals surface area contributed by atoms with Crippen LogP contribution in [0.2, 0.25) is 0 Å². The summed E-state index contributed by atoms with van der Waals surface area (Å²) in [6.07, 6.45) is 0. The van der Waals surface area contributed by atoms with Gasteiger partial charge in [-0.25, -0.2) is 5.43 Å². The number of carbonyl (C=O) groups excluding carboxylic acids is 1. The molecule has 0 bridgehead atoms. The van der Waals surface area contributed by atoms with E-state index in [4.69, 9.17) is 4.42 Å². The van der Waals surface area contributed by atoms with Crippen LogP contribution in [-0.4, -0.2) is 11.6 Å². The molecular weight excluding hydrogens is 320 g/mol. The number of amides is 1. The monoisotopic (exact) mass is 334 g/mol. The van der Waals surface area contributed by atoms with E-state index in [2.05, 4.69) is 26.5 Å². The summed E-state index contributed by atoms with van der Waals surface area (Å²) in [5, 5.41) is 4.11. The van der Waals surface area contributed by atoms with Gasteiger partial charge in [0.15, 0.2) is 0 Å². The van der Waals surface area contributed by atoms with Crippen LogP contribution < -0.4 is 5.43 Å². The van der Waals surface area contributed by atoms with Gasteiger partial charge in [-0.1, -0.05) is 28.1 Å². The third-order valence-corrected chi connectivity index (χ3v) is 3.40. The van der Waals surface area contributed by atoms with Crippen molar-refractivity contribution in [1.29, 1.82) is 0 Å². The average molecular weight is 335 g/mol. The summed E-state index contributed by atoms with van der Waals surface area (Å²) in [4.78, 5) is 12.0. The Kier molecular flexibility index (Phi) is 4.39. The number of hydrogen-bond donors (Lipinski definition) is 1. The molecule has 1 heterocycles. The highest BCUT2D eigenvalue weighted by Crippen LogP contribution is 2.14. The van der Waals surface area contributed by atoms with Crippen molar-refractivity contribution in [1.82, 2.24) is 5.43 Å². The lowest BCUT2D eigenvalue weighted by Gasteiger charge is -2.02. The largest absolute Gasteiger partial charge is 0.466 e. The molecule has 1 aromatic heterocycles. The number of benzene rings is 1. The summed E-state index contributed by atoms with van der Waals surface area (Å²) in [5.41, 5.74) is 4.74. The van der Waals surface area contributed by atoms with E-state index in [1.807, 2.05) is 31.2 Å². The van der Waals surface area contributed by atoms with Crippen molar-refractivity contribution >= 4 is 27.5 Å². The maximum Gasteiger partial charge on any atom is 0.274 e. The summed E-state index contributed by atoms with van der Waals surface area (Å²) in [6, 6.07) is 9.43. The zero-order valence-corrected chi connectivity index (χ0v) is 13.1. The standard InChI is InChI=1S/C15H15BrN2O2/c1-9-8-14(11(3)20-9)15(19)18-17-10(2)12-4-6-13(16)7-5-12/h4-8H,1-3H3,(H,18,19). The summed E-state index contributed by atoms with van der Waals surface area (Å²) in [7, 11) is 0. The lowest BCUT2D eigenvalue weighted by Crippen LogP contribution is -2.19. The number of hydrogen-bond acceptors (Lipinski definition) is 3. The summed E-state index contributed by atoms with van der Waals surface area (Å²) < 4.78 is 6.33. The molecule has 0 saturated heterocycles. The number of aryl methyl sites for hydroxylation is 2. The van der Waals surface area contributed by atoms with Gasteiger partial charge in [0.05, 0.1) is 11.3 Å². The molecule has 5 heteroatoms. The number of nitrogens with zero attached hydrogens (tertiary/aromatic N) is 1. The van der Waals surface area contributed by atoms with Gasteiger partial charge in [0.2, 0.25) is 0 Å². The number of nitrogens with one attached hydrogen (secondary N) is 1. The molecule has 2 aromatic rings. The number of halogens is 1. The Morgan fingerprint density at radius 1 is 1.25 bits per heavy atom. The molecule has 0 unspecified atom stereocenters. The minimum Gasteiger partial charge on any atom is -0.466 e. The molecule has 20 heavy (non-hydrogen) atoms. The van der Waals surface area contributed by atoms with Crippen molar-refractivity contribution in [2.45, 2.75) is 20.8 Å². The topological polar surface area (TPSA) is 54.6 Å². The van der Waals surface area contributed by atoms with Crippen LogP contribution in [0.15, 0.2) is 44.3 Å². The third kappa shape index (κ3) is 3.36. The van der Waals surface area contributed by atoms with E-state index < -0.39 is 0 Å². The maximum atomic E-state index is 12.0. The van der Waals surface area contributed by atoms with E-state index in [9.17, 15) is 4.79 Å². The third-order valence-electron chi connectivity index (χ3n) is 2.87. The fourth-order valence-corrected chi connectivity index (χ4v) is 2.07. The Morgan fingerprint density at radius 3 is 2.45 bits per heavy atom. The van der Waals surface area contributed by atoms with Crippen molar-refractivity contribution in [2.24, 2.45) is 5.10 Å². The first-order chi connectivity index (χ1) is 9.47. The zero-order valence-electron chi connectivity index (χ0n) is 11.5. The van der Waals surface area contributed by atoms with Gasteiger partial charge in [-0.15, -0.1) is 0 Å². The van der Waals surface area contributed by atoms with Crippen LogP contribution in [0.3, 0.4) is 0 Å². The first kappa shape index (κ1) is 14.5. The molecule has 0 aliphatic rings. The van der Waals surface area contributed by atoms with E-state index in [0.717, 1.165) is 15.7 Å². The molecule has 104 valence electrons. The van der Waals surface area contributed by atoms with Gasteiger partial charge >= 0.3 is 0 Å². The minimum absolute atomic E-state index is 0.268. The molecule has 1 amide bonds. The SMILES string of the molecule is CC(=NNC(=O)c1cc(C)oc1C)c1ccc(Br)cc1. The zero-order chi connectivity index (χ0) is 14.7. The normalized spacial score (nSPS) is 11.5. The van der Waals surface area contributed by atoms with Gasteiger partial charge in [0.1, 0.15) is 11.5 Å². The number of rotatable bonds is 3. The van der Waals surface area contributed by atoms with E-state index in [1.165, 1.54) is 0 Å². The minimum atomic E-state index is -0.268. The van der Waals surface area contributed by atoms with Crippen LogP contribution in [0.1, 0.15) is 34.4 Å². The summed E-state index contributed by atoms with van der Waals surface area (Å²) >= 11 is 3.38. The Bertz CT molecular complexity index is 657. The highest BCUT2D eigenvalue weighted by molar-refractivity contribution is 9.10. The molecule has 4 nitrogen and oxygen atoms in total. The second kappa shape index (κ2) is 6.05. The van der Waals surface area contributed by atoms with Crippen LogP contribution in [0.5, 0.6) is 0 Å². The Hall–Kier alpha value is -1.88. The van der Waals surface area contributed by atoms with Crippen molar-refractivity contribution in [3.05, 3.63) is 57.5 Å². The molecule has 0 saturated carbocycles. The van der Waals surface area contributed by atoms with Crippen molar-refractivity contribution < 1.29 is 9.21 Å². The Labute approximate surface area is 126 Å². The lowest BCUT2D eigenvalue weighted by molar-refractivity contribution is 0.0953. The van der Waals surface area contributed by atoms with Crippen LogP contribution in [-0.2, 0) is 0 Å². The molecule has 1 N–H and O–H groups in total. The van der Waals surface area contributed by atoms with Crippen LogP contribution in [0.25, 0.3) is 0 Å². The first-order valence-electron chi connectivity index (χ1n) is 6.15. The Balaban J connectivity index is 2.10. The molecule has 0 aliphatic heterocycles. The molecular formula is C15H15BrN2O2. The molecule has 0 atom stereocenters. The van der Waals surface area contributed by atoms with Gasteiger partial charge < -0.3 is 4.42 Å². The highest BCUT2D eigenvalue weighted by Gasteiger charge is 2.12. The van der Waals surface area contributed by atoms with Gasteiger partial charge in [-0.2, -0.15) is 5.10 Å². The van der Waals surface area contributed by atoms with Crippen LogP contribution in [0, 0.1) is 13.8 Å². The molecule has 0 fully saturated rings. The molecule has 0 aliphatic carbocycles. The molecule has 2 rings (SSSR count). The van der Waals surface area contributed by atoms with Gasteiger partial charge in [0, 0.05) is 4.47 Å². The predicted octanol–water partition coefficient (Wildman–Crippen LogP) is 3.81. The lowest BCUT2D eigenvalue weighted by atomic mass is 10.1. The van der Waals surface area contributed by atoms with Crippen molar-refractivity contribution in [3.63, 3.8) is 0 Å². The molecule has 0 radical (unpaired) electrons. The summed E-state index contributed by atoms with van der Waals surface area (Å²) in [6.45, 7) is 5.41. The van der Waals surface area contributed by atoms with Gasteiger partial charge in [-0.05, 0) is 44.5 Å². The van der Waals surface area contributed by atoms with E-state index in [-0.39, 0.29) is 5.91 Å². The predicted molar refractivity (Wildman–Crippen MR) is 82.0 cm³/mol. The second-order valence-corrected chi connectivity index (χ2v) is 5.39. The number of carbonyl (C=O) groups is 1. The smallest absolute Gasteiger partial charge is 0.274 e.